The summed E-state index contributed by atoms with van der Waals surface area (Å²) in [5, 5.41) is 31.8. The lowest BCUT2D eigenvalue weighted by Crippen LogP contribution is -2.44. The standard InChI is InChI=1S/C34H43NO4/c1-25-26(2)28(24-33(37)38)16-15-27(25)17-18-32(36)14-9-21-35-22-19-31(20-23-35)34(39,29-10-5-3-6-11-29)30-12-7-4-8-13-30/h3-8,10-13,15-16,31-32,36,39H,9,14,17-24H2,1-2H3,(H,37,38). The van der Waals surface area contributed by atoms with Crippen molar-refractivity contribution in [2.24, 2.45) is 5.92 Å². The third-order valence-electron chi connectivity index (χ3n) is 8.72. The van der Waals surface area contributed by atoms with Crippen LogP contribution in [0.4, 0.5) is 0 Å². The highest BCUT2D eigenvalue weighted by Crippen LogP contribution is 2.41. The maximum atomic E-state index is 12.1. The molecule has 208 valence electrons. The van der Waals surface area contributed by atoms with E-state index in [9.17, 15) is 15.0 Å². The van der Waals surface area contributed by atoms with Gasteiger partial charge in [-0.3, -0.25) is 4.79 Å². The predicted molar refractivity (Wildman–Crippen MR) is 156 cm³/mol. The highest BCUT2D eigenvalue weighted by atomic mass is 16.4. The number of aryl methyl sites for hydroxylation is 1. The molecular weight excluding hydrogens is 486 g/mol. The SMILES string of the molecule is Cc1c(CCC(O)CCCN2CCC(C(O)(c3ccccc3)c3ccccc3)CC2)ccc(CC(=O)O)c1C. The molecule has 1 heterocycles. The van der Waals surface area contributed by atoms with Crippen LogP contribution in [0.3, 0.4) is 0 Å². The Morgan fingerprint density at radius 2 is 1.41 bits per heavy atom. The van der Waals surface area contributed by atoms with Crippen LogP contribution >= 0.6 is 0 Å². The number of aliphatic hydroxyl groups excluding tert-OH is 1. The van der Waals surface area contributed by atoms with Gasteiger partial charge in [0.1, 0.15) is 5.60 Å². The highest BCUT2D eigenvalue weighted by molar-refractivity contribution is 5.71. The fourth-order valence-electron chi connectivity index (χ4n) is 6.17. The molecular formula is C34H43NO4. The van der Waals surface area contributed by atoms with Gasteiger partial charge in [-0.25, -0.2) is 0 Å². The summed E-state index contributed by atoms with van der Waals surface area (Å²) in [5.74, 6) is -0.661. The lowest BCUT2D eigenvalue weighted by molar-refractivity contribution is -0.136. The molecule has 0 aromatic heterocycles. The Bertz CT molecular complexity index is 1160. The summed E-state index contributed by atoms with van der Waals surface area (Å²) in [6.07, 6.45) is 4.79. The number of hydrogen-bond donors (Lipinski definition) is 3. The Morgan fingerprint density at radius 3 is 1.97 bits per heavy atom. The second-order valence-electron chi connectivity index (χ2n) is 11.2. The number of carbonyl (C=O) groups is 1. The van der Waals surface area contributed by atoms with Crippen LogP contribution in [0, 0.1) is 19.8 Å². The van der Waals surface area contributed by atoms with Gasteiger partial charge in [0.2, 0.25) is 0 Å². The molecule has 5 heteroatoms. The largest absolute Gasteiger partial charge is 0.481 e. The van der Waals surface area contributed by atoms with Crippen LogP contribution in [0.25, 0.3) is 0 Å². The average molecular weight is 530 g/mol. The molecule has 3 aromatic rings. The van der Waals surface area contributed by atoms with Crippen molar-refractivity contribution < 1.29 is 20.1 Å². The summed E-state index contributed by atoms with van der Waals surface area (Å²) in [6, 6.07) is 24.1. The van der Waals surface area contributed by atoms with Crippen LogP contribution in [-0.4, -0.2) is 51.9 Å². The van der Waals surface area contributed by atoms with Crippen molar-refractivity contribution in [2.45, 2.75) is 70.5 Å². The lowest BCUT2D eigenvalue weighted by atomic mass is 9.72. The number of hydrogen-bond acceptors (Lipinski definition) is 4. The van der Waals surface area contributed by atoms with E-state index in [0.29, 0.717) is 6.42 Å². The molecule has 1 aliphatic rings. The summed E-state index contributed by atoms with van der Waals surface area (Å²) in [4.78, 5) is 13.5. The van der Waals surface area contributed by atoms with Gasteiger partial charge in [-0.2, -0.15) is 0 Å². The molecule has 3 aromatic carbocycles. The van der Waals surface area contributed by atoms with E-state index in [1.54, 1.807) is 0 Å². The molecule has 4 rings (SSSR count). The highest BCUT2D eigenvalue weighted by Gasteiger charge is 2.41. The van der Waals surface area contributed by atoms with Gasteiger partial charge in [-0.1, -0.05) is 72.8 Å². The number of likely N-dealkylation sites (tertiary alicyclic amines) is 1. The molecule has 5 nitrogen and oxygen atoms in total. The monoisotopic (exact) mass is 529 g/mol. The van der Waals surface area contributed by atoms with E-state index >= 15 is 0 Å². The van der Waals surface area contributed by atoms with E-state index in [4.69, 9.17) is 5.11 Å². The number of benzene rings is 3. The smallest absolute Gasteiger partial charge is 0.307 e. The molecule has 0 saturated carbocycles. The minimum atomic E-state index is -0.993. The first-order valence-corrected chi connectivity index (χ1v) is 14.3. The number of carboxylic acid groups (broad SMARTS) is 1. The Kier molecular flexibility index (Phi) is 9.95. The van der Waals surface area contributed by atoms with Gasteiger partial charge in [0.25, 0.3) is 0 Å². The van der Waals surface area contributed by atoms with Gasteiger partial charge in [0.05, 0.1) is 12.5 Å². The van der Waals surface area contributed by atoms with Crippen LogP contribution in [-0.2, 0) is 23.2 Å². The molecule has 0 bridgehead atoms. The predicted octanol–water partition coefficient (Wildman–Crippen LogP) is 5.65. The molecule has 3 N–H and O–H groups in total. The van der Waals surface area contributed by atoms with Crippen molar-refractivity contribution in [3.8, 4) is 0 Å². The molecule has 0 amide bonds. The Balaban J connectivity index is 1.25. The second-order valence-corrected chi connectivity index (χ2v) is 11.2. The van der Waals surface area contributed by atoms with Crippen LogP contribution in [0.2, 0.25) is 0 Å². The second kappa shape index (κ2) is 13.4. The topological polar surface area (TPSA) is 81.0 Å². The molecule has 0 aliphatic carbocycles. The van der Waals surface area contributed by atoms with E-state index in [-0.39, 0.29) is 18.4 Å². The first kappa shape index (κ1) is 29.0. The molecule has 0 spiro atoms. The van der Waals surface area contributed by atoms with E-state index in [1.807, 2.05) is 86.6 Å². The number of nitrogens with zero attached hydrogens (tertiary/aromatic N) is 1. The fraction of sp³-hybridized carbons (Fsp3) is 0.441. The van der Waals surface area contributed by atoms with Crippen LogP contribution in [0.5, 0.6) is 0 Å². The zero-order valence-electron chi connectivity index (χ0n) is 23.4. The minimum absolute atomic E-state index is 0.0463. The zero-order valence-corrected chi connectivity index (χ0v) is 23.4. The summed E-state index contributed by atoms with van der Waals surface area (Å²) >= 11 is 0. The molecule has 1 fully saturated rings. The summed E-state index contributed by atoms with van der Waals surface area (Å²) in [5.41, 5.74) is 5.15. The third kappa shape index (κ3) is 7.16. The Hall–Kier alpha value is -2.99. The maximum absolute atomic E-state index is 12.1. The molecule has 1 saturated heterocycles. The number of aliphatic carboxylic acids is 1. The molecule has 1 aliphatic heterocycles. The van der Waals surface area contributed by atoms with Crippen LogP contribution < -0.4 is 0 Å². The first-order valence-electron chi connectivity index (χ1n) is 14.3. The number of rotatable bonds is 12. The maximum Gasteiger partial charge on any atom is 0.307 e. The van der Waals surface area contributed by atoms with Gasteiger partial charge in [0.15, 0.2) is 0 Å². The minimum Gasteiger partial charge on any atom is -0.481 e. The molecule has 1 unspecified atom stereocenters. The zero-order chi connectivity index (χ0) is 27.8. The lowest BCUT2D eigenvalue weighted by Gasteiger charge is -2.42. The quantitative estimate of drug-likeness (QED) is 0.282. The summed E-state index contributed by atoms with van der Waals surface area (Å²) in [7, 11) is 0. The van der Waals surface area contributed by atoms with Crippen molar-refractivity contribution in [2.75, 3.05) is 19.6 Å². The van der Waals surface area contributed by atoms with Gasteiger partial charge in [-0.15, -0.1) is 0 Å². The van der Waals surface area contributed by atoms with Crippen molar-refractivity contribution in [3.05, 3.63) is 106 Å². The van der Waals surface area contributed by atoms with Crippen molar-refractivity contribution >= 4 is 5.97 Å². The van der Waals surface area contributed by atoms with Gasteiger partial charge in [-0.05, 0) is 111 Å². The molecule has 1 atom stereocenters. The molecule has 0 radical (unpaired) electrons. The van der Waals surface area contributed by atoms with Crippen LogP contribution in [0.1, 0.15) is 65.5 Å². The Morgan fingerprint density at radius 1 is 0.872 bits per heavy atom. The van der Waals surface area contributed by atoms with Crippen LogP contribution in [0.15, 0.2) is 72.8 Å². The van der Waals surface area contributed by atoms with Crippen molar-refractivity contribution in [1.29, 1.82) is 0 Å². The first-order chi connectivity index (χ1) is 18.8. The van der Waals surface area contributed by atoms with Gasteiger partial charge >= 0.3 is 5.97 Å². The van der Waals surface area contributed by atoms with E-state index in [0.717, 1.165) is 79.6 Å². The van der Waals surface area contributed by atoms with Gasteiger partial charge < -0.3 is 20.2 Å². The number of carboxylic acids is 1. The van der Waals surface area contributed by atoms with E-state index in [2.05, 4.69) is 4.90 Å². The summed E-state index contributed by atoms with van der Waals surface area (Å²) in [6.45, 7) is 6.88. The Labute approximate surface area is 233 Å². The van der Waals surface area contributed by atoms with Crippen molar-refractivity contribution in [1.82, 2.24) is 4.90 Å². The number of aliphatic hydroxyl groups is 2. The number of piperidine rings is 1. The average Bonchev–Trinajstić information content (AvgIpc) is 2.96. The fourth-order valence-corrected chi connectivity index (χ4v) is 6.17. The van der Waals surface area contributed by atoms with Crippen molar-refractivity contribution in [3.63, 3.8) is 0 Å². The third-order valence-corrected chi connectivity index (χ3v) is 8.72. The van der Waals surface area contributed by atoms with E-state index in [1.165, 1.54) is 5.56 Å². The van der Waals surface area contributed by atoms with Gasteiger partial charge in [0, 0.05) is 0 Å². The van der Waals surface area contributed by atoms with E-state index < -0.39 is 11.6 Å². The molecule has 39 heavy (non-hydrogen) atoms. The normalized spacial score (nSPS) is 15.8. The summed E-state index contributed by atoms with van der Waals surface area (Å²) < 4.78 is 0.